The van der Waals surface area contributed by atoms with Gasteiger partial charge in [-0.15, -0.1) is 0 Å². The van der Waals surface area contributed by atoms with Gasteiger partial charge in [-0.1, -0.05) is 48.0 Å². The number of carbonyl (C=O) groups excluding carboxylic acids is 1. The molecule has 3 aromatic carbocycles. The first kappa shape index (κ1) is 23.4. The van der Waals surface area contributed by atoms with Crippen molar-refractivity contribution < 1.29 is 14.7 Å². The van der Waals surface area contributed by atoms with Crippen LogP contribution in [0, 0.1) is 13.8 Å². The molecular formula is C26H27ClN2O3. The minimum Gasteiger partial charge on any atom is -0.480 e. The summed E-state index contributed by atoms with van der Waals surface area (Å²) in [4.78, 5) is 23.4. The normalized spacial score (nSPS) is 12.7. The Morgan fingerprint density at radius 3 is 2.28 bits per heavy atom. The monoisotopic (exact) mass is 450 g/mol. The van der Waals surface area contributed by atoms with Gasteiger partial charge in [0.25, 0.3) is 5.91 Å². The topological polar surface area (TPSA) is 78.4 Å². The summed E-state index contributed by atoms with van der Waals surface area (Å²) in [5.74, 6) is -1.47. The van der Waals surface area contributed by atoms with E-state index >= 15 is 0 Å². The van der Waals surface area contributed by atoms with Crippen LogP contribution in [0.4, 0.5) is 5.69 Å². The van der Waals surface area contributed by atoms with Gasteiger partial charge >= 0.3 is 5.97 Å². The van der Waals surface area contributed by atoms with Crippen molar-refractivity contribution in [3.05, 3.63) is 87.9 Å². The van der Waals surface area contributed by atoms with Crippen LogP contribution in [0.2, 0.25) is 5.02 Å². The van der Waals surface area contributed by atoms with Gasteiger partial charge in [-0.3, -0.25) is 9.59 Å². The van der Waals surface area contributed by atoms with Crippen LogP contribution >= 0.6 is 11.6 Å². The third-order valence-corrected chi connectivity index (χ3v) is 5.87. The molecule has 0 bridgehead atoms. The maximum Gasteiger partial charge on any atom is 0.325 e. The average molecular weight is 451 g/mol. The molecule has 32 heavy (non-hydrogen) atoms. The molecule has 5 nitrogen and oxygen atoms in total. The third kappa shape index (κ3) is 5.48. The summed E-state index contributed by atoms with van der Waals surface area (Å²) in [7, 11) is 0. The average Bonchev–Trinajstić information content (AvgIpc) is 2.75. The summed E-state index contributed by atoms with van der Waals surface area (Å²) >= 11 is 6.14. The van der Waals surface area contributed by atoms with Gasteiger partial charge in [-0.25, -0.2) is 0 Å². The summed E-state index contributed by atoms with van der Waals surface area (Å²) in [6, 6.07) is 18.8. The van der Waals surface area contributed by atoms with Gasteiger partial charge in [-0.05, 0) is 79.8 Å². The summed E-state index contributed by atoms with van der Waals surface area (Å²) in [5, 5.41) is 15.8. The van der Waals surface area contributed by atoms with Gasteiger partial charge < -0.3 is 15.7 Å². The van der Waals surface area contributed by atoms with Crippen LogP contribution in [-0.4, -0.2) is 23.0 Å². The molecule has 0 fully saturated rings. The number of hydrogen-bond acceptors (Lipinski definition) is 3. The molecule has 0 aliphatic carbocycles. The molecule has 2 atom stereocenters. The maximum absolute atomic E-state index is 12.4. The molecule has 0 spiro atoms. The van der Waals surface area contributed by atoms with Crippen molar-refractivity contribution in [1.29, 1.82) is 0 Å². The molecule has 0 saturated heterocycles. The van der Waals surface area contributed by atoms with Crippen LogP contribution in [0.3, 0.4) is 0 Å². The number of amides is 1. The van der Waals surface area contributed by atoms with Gasteiger partial charge in [0, 0.05) is 22.3 Å². The lowest BCUT2D eigenvalue weighted by Gasteiger charge is -2.18. The van der Waals surface area contributed by atoms with E-state index < -0.39 is 17.9 Å². The third-order valence-electron chi connectivity index (χ3n) is 5.45. The minimum absolute atomic E-state index is 0.102. The first-order chi connectivity index (χ1) is 15.2. The maximum atomic E-state index is 12.4. The number of anilines is 1. The van der Waals surface area contributed by atoms with Crippen molar-refractivity contribution in [1.82, 2.24) is 5.32 Å². The Kier molecular flexibility index (Phi) is 7.21. The highest BCUT2D eigenvalue weighted by Crippen LogP contribution is 2.28. The number of carboxylic acids is 1. The number of aryl methyl sites for hydroxylation is 2. The molecule has 0 saturated carbocycles. The Balaban J connectivity index is 1.78. The van der Waals surface area contributed by atoms with Gasteiger partial charge in [-0.2, -0.15) is 0 Å². The molecule has 3 aromatic rings. The molecule has 2 unspecified atom stereocenters. The first-order valence-electron chi connectivity index (χ1n) is 10.4. The largest absolute Gasteiger partial charge is 0.480 e. The fraction of sp³-hybridized carbons (Fsp3) is 0.231. The predicted octanol–water partition coefficient (Wildman–Crippen LogP) is 6.00. The Morgan fingerprint density at radius 2 is 1.62 bits per heavy atom. The Hall–Kier alpha value is -3.31. The molecule has 1 amide bonds. The highest BCUT2D eigenvalue weighted by Gasteiger charge is 2.17. The van der Waals surface area contributed by atoms with Crippen molar-refractivity contribution in [2.45, 2.75) is 39.8 Å². The van der Waals surface area contributed by atoms with Gasteiger partial charge in [0.15, 0.2) is 0 Å². The molecule has 166 valence electrons. The van der Waals surface area contributed by atoms with E-state index in [1.807, 2.05) is 56.3 Å². The molecular weight excluding hydrogens is 424 g/mol. The van der Waals surface area contributed by atoms with Crippen molar-refractivity contribution >= 4 is 29.2 Å². The Morgan fingerprint density at radius 1 is 0.906 bits per heavy atom. The second kappa shape index (κ2) is 9.88. The summed E-state index contributed by atoms with van der Waals surface area (Å²) in [6.45, 7) is 7.38. The molecule has 6 heteroatoms. The van der Waals surface area contributed by atoms with E-state index in [1.165, 1.54) is 6.92 Å². The summed E-state index contributed by atoms with van der Waals surface area (Å²) in [6.07, 6.45) is 0. The zero-order chi connectivity index (χ0) is 23.4. The van der Waals surface area contributed by atoms with Crippen LogP contribution in [0.5, 0.6) is 0 Å². The quantitative estimate of drug-likeness (QED) is 0.412. The minimum atomic E-state index is -1.07. The van der Waals surface area contributed by atoms with Crippen LogP contribution in [0.25, 0.3) is 11.1 Å². The molecule has 0 aliphatic heterocycles. The van der Waals surface area contributed by atoms with E-state index in [4.69, 9.17) is 16.7 Å². The number of nitrogens with one attached hydrogen (secondary N) is 2. The van der Waals surface area contributed by atoms with Crippen LogP contribution in [0.1, 0.15) is 46.9 Å². The van der Waals surface area contributed by atoms with Crippen LogP contribution < -0.4 is 10.6 Å². The molecule has 0 aliphatic rings. The smallest absolute Gasteiger partial charge is 0.325 e. The van der Waals surface area contributed by atoms with E-state index in [1.54, 1.807) is 6.07 Å². The zero-order valence-corrected chi connectivity index (χ0v) is 19.3. The SMILES string of the molecule is Cc1cc(C(C)Nc2cccc(-c3ccc(C(=O)NC(C)C(=O)O)c(C)c3)c2)ccc1Cl. The Bertz CT molecular complexity index is 1160. The van der Waals surface area contributed by atoms with E-state index in [-0.39, 0.29) is 6.04 Å². The van der Waals surface area contributed by atoms with Crippen molar-refractivity contribution in [2.75, 3.05) is 5.32 Å². The van der Waals surface area contributed by atoms with Crippen LogP contribution in [0.15, 0.2) is 60.7 Å². The lowest BCUT2D eigenvalue weighted by molar-refractivity contribution is -0.138. The number of rotatable bonds is 7. The van der Waals surface area contributed by atoms with Crippen LogP contribution in [-0.2, 0) is 4.79 Å². The number of carboxylic acid groups (broad SMARTS) is 1. The predicted molar refractivity (Wildman–Crippen MR) is 129 cm³/mol. The number of benzene rings is 3. The fourth-order valence-electron chi connectivity index (χ4n) is 3.49. The highest BCUT2D eigenvalue weighted by molar-refractivity contribution is 6.31. The van der Waals surface area contributed by atoms with Gasteiger partial charge in [0.2, 0.25) is 0 Å². The summed E-state index contributed by atoms with van der Waals surface area (Å²) in [5.41, 5.74) is 6.41. The van der Waals surface area contributed by atoms with Crippen molar-refractivity contribution in [3.8, 4) is 11.1 Å². The number of carbonyl (C=O) groups is 2. The standard InChI is InChI=1S/C26H27ClN2O3/c1-15-12-21(8-10-23(15)25(30)29-18(4)26(31)32)20-6-5-7-22(14-20)28-17(3)19-9-11-24(27)16(2)13-19/h5-14,17-18,28H,1-4H3,(H,29,30)(H,31,32). The number of halogens is 1. The van der Waals surface area contributed by atoms with Gasteiger partial charge in [0.05, 0.1) is 0 Å². The first-order valence-corrected chi connectivity index (χ1v) is 10.8. The summed E-state index contributed by atoms with van der Waals surface area (Å²) < 4.78 is 0. The fourth-order valence-corrected chi connectivity index (χ4v) is 3.61. The van der Waals surface area contributed by atoms with E-state index in [0.29, 0.717) is 5.56 Å². The zero-order valence-electron chi connectivity index (χ0n) is 18.6. The lowest BCUT2D eigenvalue weighted by atomic mass is 9.98. The number of hydrogen-bond donors (Lipinski definition) is 3. The Labute approximate surface area is 193 Å². The van der Waals surface area contributed by atoms with E-state index in [0.717, 1.165) is 38.5 Å². The lowest BCUT2D eigenvalue weighted by Crippen LogP contribution is -2.38. The van der Waals surface area contributed by atoms with E-state index in [9.17, 15) is 9.59 Å². The second-order valence-electron chi connectivity index (χ2n) is 8.02. The molecule has 0 aromatic heterocycles. The molecule has 0 radical (unpaired) electrons. The molecule has 3 rings (SSSR count). The number of aliphatic carboxylic acids is 1. The molecule has 0 heterocycles. The van der Waals surface area contributed by atoms with Crippen molar-refractivity contribution in [2.24, 2.45) is 0 Å². The van der Waals surface area contributed by atoms with Crippen molar-refractivity contribution in [3.63, 3.8) is 0 Å². The molecule has 3 N–H and O–H groups in total. The van der Waals surface area contributed by atoms with Gasteiger partial charge in [0.1, 0.15) is 6.04 Å². The second-order valence-corrected chi connectivity index (χ2v) is 8.43. The van der Waals surface area contributed by atoms with E-state index in [2.05, 4.69) is 29.7 Å². The highest BCUT2D eigenvalue weighted by atomic mass is 35.5.